The molecule has 3 saturated heterocycles. The number of aromatic nitrogens is 2. The van der Waals surface area contributed by atoms with E-state index in [1.807, 2.05) is 35.2 Å². The highest BCUT2D eigenvalue weighted by Gasteiger charge is 2.40. The van der Waals surface area contributed by atoms with Crippen molar-refractivity contribution < 1.29 is 42.1 Å². The fourth-order valence-corrected chi connectivity index (χ4v) is 15.9. The summed E-state index contributed by atoms with van der Waals surface area (Å²) in [6.45, 7) is 12.1. The number of aromatic amines is 1. The predicted molar refractivity (Wildman–Crippen MR) is 350 cm³/mol. The standard InChI is InChI=1S/C67H76ClN11O10S2/c1-67(2)24-22-46(54(38-67)44-10-12-47(68)13-11-44)41-74-26-28-76(29-27-74)49-16-18-53(59(36-49)89-50-35-45-23-25-69-63(45)71-40-50)64(82)73-91(87,88)51-17-19-56(58(37-51)79(85)86)70-39-43-8-14-48(15-9-43)75-30-32-77(33-31-75)62(81)7-4-34-90-60-6-3-5-52-55(60)42-78(66(52)84)57-20-21-61(80)72-65(57)83/h3,5-6,10-13,16-19,23,25,35-37,40,43,48,57,70H,4,7-9,14-15,20-22,24,26-34,38-39,41-42H2,1-2H3,(H,69,71)(H,73,82)(H,72,80,83). The van der Waals surface area contributed by atoms with E-state index in [9.17, 15) is 42.5 Å². The van der Waals surface area contributed by atoms with Crippen molar-refractivity contribution in [2.45, 2.75) is 113 Å². The van der Waals surface area contributed by atoms with Crippen LogP contribution < -0.4 is 25.0 Å². The zero-order valence-electron chi connectivity index (χ0n) is 51.2. The Labute approximate surface area is 538 Å². The van der Waals surface area contributed by atoms with E-state index in [1.54, 1.807) is 53.2 Å². The maximum absolute atomic E-state index is 14.2. The van der Waals surface area contributed by atoms with Gasteiger partial charge in [0.15, 0.2) is 0 Å². The minimum atomic E-state index is -4.64. The van der Waals surface area contributed by atoms with E-state index in [0.717, 1.165) is 110 Å². The second-order valence-electron chi connectivity index (χ2n) is 25.5. The number of hydrogen-bond donors (Lipinski definition) is 4. The SMILES string of the molecule is CC1(C)CCC(CN2CCN(c3ccc(C(=O)NS(=O)(=O)c4ccc(NCC5CCC(N6CCN(C(=O)CCCSc7cccc8c7CN(C7CCC(=O)NC7=O)C8=O)CC6)CC5)c([N+](=O)[O-])c4)c(Oc4cnc5[nH]ccc5c4)c3)CC2)=C(c2ccc(Cl)cc2)C1. The molecular weight excluding hydrogens is 1220 g/mol. The number of imide groups is 1. The number of nitro benzene ring substituents is 1. The summed E-state index contributed by atoms with van der Waals surface area (Å²) in [5.41, 5.74) is 6.85. The number of sulfonamides is 1. The van der Waals surface area contributed by atoms with Gasteiger partial charge in [-0.05, 0) is 152 Å². The van der Waals surface area contributed by atoms with Gasteiger partial charge in [0.1, 0.15) is 28.9 Å². The van der Waals surface area contributed by atoms with Crippen LogP contribution in [0.2, 0.25) is 5.02 Å². The summed E-state index contributed by atoms with van der Waals surface area (Å²) in [6, 6.07) is 25.7. The third-order valence-corrected chi connectivity index (χ3v) is 21.7. The minimum absolute atomic E-state index is 0.0571. The van der Waals surface area contributed by atoms with E-state index in [1.165, 1.54) is 35.0 Å². The number of anilines is 2. The van der Waals surface area contributed by atoms with Gasteiger partial charge in [0.25, 0.3) is 27.5 Å². The summed E-state index contributed by atoms with van der Waals surface area (Å²) >= 11 is 7.89. The summed E-state index contributed by atoms with van der Waals surface area (Å²) in [5, 5.41) is 19.6. The molecule has 1 saturated carbocycles. The third-order valence-electron chi connectivity index (χ3n) is 19.0. The smallest absolute Gasteiger partial charge is 0.293 e. The highest BCUT2D eigenvalue weighted by atomic mass is 35.5. The van der Waals surface area contributed by atoms with Gasteiger partial charge in [-0.15, -0.1) is 11.8 Å². The van der Waals surface area contributed by atoms with Crippen LogP contribution in [0.15, 0.2) is 119 Å². The molecule has 0 bridgehead atoms. The molecule has 2 aromatic heterocycles. The number of nitro groups is 1. The molecule has 1 unspecified atom stereocenters. The highest BCUT2D eigenvalue weighted by molar-refractivity contribution is 7.99. The Balaban J connectivity index is 0.617. The monoisotopic (exact) mass is 1290 g/mol. The van der Waals surface area contributed by atoms with Crippen molar-refractivity contribution in [3.63, 3.8) is 0 Å². The molecule has 0 spiro atoms. The van der Waals surface area contributed by atoms with Gasteiger partial charge in [0.05, 0.1) is 21.6 Å². The topological polar surface area (TPSA) is 253 Å². The third kappa shape index (κ3) is 14.6. The molecule has 91 heavy (non-hydrogen) atoms. The number of carbonyl (C=O) groups is 5. The van der Waals surface area contributed by atoms with E-state index in [2.05, 4.69) is 66.0 Å². The summed E-state index contributed by atoms with van der Waals surface area (Å²) in [4.78, 5) is 95.7. The number of nitrogens with one attached hydrogen (secondary N) is 4. The normalized spacial score (nSPS) is 20.8. The molecule has 5 amide bonds. The molecule has 12 rings (SSSR count). The maximum atomic E-state index is 14.2. The summed E-state index contributed by atoms with van der Waals surface area (Å²) in [5.74, 6) is -0.456. The number of carbonyl (C=O) groups excluding carboxylic acids is 5. The zero-order chi connectivity index (χ0) is 63.6. The molecule has 478 valence electrons. The van der Waals surface area contributed by atoms with Crippen molar-refractivity contribution in [3.8, 4) is 11.5 Å². The number of ether oxygens (including phenoxy) is 1. The molecule has 4 N–H and O–H groups in total. The number of piperidine rings is 1. The number of H-pyrrole nitrogens is 1. The zero-order valence-corrected chi connectivity index (χ0v) is 53.6. The first kappa shape index (κ1) is 63.3. The lowest BCUT2D eigenvalue weighted by atomic mass is 9.72. The van der Waals surface area contributed by atoms with Crippen LogP contribution in [0, 0.1) is 21.4 Å². The van der Waals surface area contributed by atoms with Crippen LogP contribution in [0.25, 0.3) is 16.6 Å². The Bertz CT molecular complexity index is 3930. The Hall–Kier alpha value is -7.83. The van der Waals surface area contributed by atoms with E-state index in [-0.39, 0.29) is 52.5 Å². The molecule has 4 fully saturated rings. The lowest BCUT2D eigenvalue weighted by molar-refractivity contribution is -0.384. The molecule has 21 nitrogen and oxygen atoms in total. The Morgan fingerprint density at radius 3 is 2.43 bits per heavy atom. The van der Waals surface area contributed by atoms with Crippen molar-refractivity contribution in [2.75, 3.05) is 81.4 Å². The molecule has 6 aromatic rings. The first-order chi connectivity index (χ1) is 43.8. The maximum Gasteiger partial charge on any atom is 0.293 e. The quantitative estimate of drug-likeness (QED) is 0.0182. The van der Waals surface area contributed by atoms with Crippen LogP contribution >= 0.6 is 23.4 Å². The molecule has 2 aliphatic carbocycles. The van der Waals surface area contributed by atoms with Gasteiger partial charge in [-0.25, -0.2) is 18.1 Å². The fourth-order valence-electron chi connectivity index (χ4n) is 13.8. The van der Waals surface area contributed by atoms with Crippen LogP contribution in [-0.4, -0.2) is 156 Å². The first-order valence-corrected chi connectivity index (χ1v) is 34.4. The van der Waals surface area contributed by atoms with Crippen molar-refractivity contribution >= 4 is 96.6 Å². The molecule has 0 radical (unpaired) electrons. The first-order valence-electron chi connectivity index (χ1n) is 31.5. The van der Waals surface area contributed by atoms with Gasteiger partial charge in [0.2, 0.25) is 17.7 Å². The number of piperazine rings is 2. The van der Waals surface area contributed by atoms with Gasteiger partial charge in [0, 0.05) is 136 Å². The second kappa shape index (κ2) is 27.2. The van der Waals surface area contributed by atoms with E-state index in [0.29, 0.717) is 87.3 Å². The van der Waals surface area contributed by atoms with Gasteiger partial charge < -0.3 is 29.7 Å². The highest BCUT2D eigenvalue weighted by Crippen LogP contribution is 2.44. The molecule has 6 aliphatic rings. The van der Waals surface area contributed by atoms with Crippen LogP contribution in [-0.2, 0) is 31.0 Å². The number of thioether (sulfide) groups is 1. The van der Waals surface area contributed by atoms with E-state index >= 15 is 0 Å². The van der Waals surface area contributed by atoms with Gasteiger partial charge >= 0.3 is 0 Å². The number of halogens is 1. The van der Waals surface area contributed by atoms with Gasteiger partial charge in [-0.1, -0.05) is 49.2 Å². The van der Waals surface area contributed by atoms with Crippen molar-refractivity contribution in [1.82, 2.24) is 39.6 Å². The van der Waals surface area contributed by atoms with Crippen molar-refractivity contribution in [2.24, 2.45) is 11.3 Å². The number of pyridine rings is 1. The van der Waals surface area contributed by atoms with Crippen LogP contribution in [0.4, 0.5) is 17.1 Å². The molecule has 1 atom stereocenters. The Morgan fingerprint density at radius 1 is 0.890 bits per heavy atom. The van der Waals surface area contributed by atoms with Crippen LogP contribution in [0.5, 0.6) is 11.5 Å². The molecule has 4 aromatic carbocycles. The summed E-state index contributed by atoms with van der Waals surface area (Å²) in [6.07, 6.45) is 11.7. The molecule has 24 heteroatoms. The average molecular weight is 1290 g/mol. The van der Waals surface area contributed by atoms with E-state index in [4.69, 9.17) is 16.3 Å². The van der Waals surface area contributed by atoms with Gasteiger partial charge in [-0.3, -0.25) is 49.2 Å². The van der Waals surface area contributed by atoms with Crippen LogP contribution in [0.3, 0.4) is 0 Å². The number of fused-ring (bicyclic) bond motifs is 2. The molecular formula is C67H76ClN11O10S2. The van der Waals surface area contributed by atoms with Gasteiger partial charge in [-0.2, -0.15) is 0 Å². The lowest BCUT2D eigenvalue weighted by Crippen LogP contribution is -2.52. The Kier molecular flexibility index (Phi) is 18.9. The fraction of sp³-hybridized carbons (Fsp3) is 0.433. The number of benzene rings is 4. The number of nitrogens with zero attached hydrogens (tertiary/aromatic N) is 7. The summed E-state index contributed by atoms with van der Waals surface area (Å²) < 4.78 is 36.6. The number of rotatable bonds is 20. The molecule has 6 heterocycles. The minimum Gasteiger partial charge on any atom is -0.455 e. The summed E-state index contributed by atoms with van der Waals surface area (Å²) in [7, 11) is -4.64. The van der Waals surface area contributed by atoms with E-state index < -0.39 is 43.4 Å². The van der Waals surface area contributed by atoms with Crippen molar-refractivity contribution in [1.29, 1.82) is 0 Å². The average Bonchev–Trinajstić information content (AvgIpc) is 1.82. The second-order valence-corrected chi connectivity index (χ2v) is 28.8. The number of amides is 5. The van der Waals surface area contributed by atoms with Crippen LogP contribution in [0.1, 0.15) is 116 Å². The Morgan fingerprint density at radius 2 is 1.67 bits per heavy atom. The number of allylic oxidation sites excluding steroid dienone is 1. The van der Waals surface area contributed by atoms with Crippen molar-refractivity contribution in [3.05, 3.63) is 146 Å². The molecule has 4 aliphatic heterocycles. The predicted octanol–water partition coefficient (Wildman–Crippen LogP) is 10.3. The lowest BCUT2D eigenvalue weighted by Gasteiger charge is -2.42. The number of hydrogen-bond acceptors (Lipinski definition) is 16. The largest absolute Gasteiger partial charge is 0.455 e.